The minimum absolute atomic E-state index is 0.147. The van der Waals surface area contributed by atoms with Crippen molar-refractivity contribution < 1.29 is 18.3 Å². The molecule has 1 aliphatic heterocycles. The zero-order chi connectivity index (χ0) is 15.1. The Labute approximate surface area is 122 Å². The van der Waals surface area contributed by atoms with Crippen LogP contribution in [0, 0.1) is 5.41 Å². The predicted octanol–water partition coefficient (Wildman–Crippen LogP) is 0.568. The summed E-state index contributed by atoms with van der Waals surface area (Å²) in [5.74, 6) is -0.418. The number of hydrogen-bond donors (Lipinski definition) is 1. The molecule has 9 heteroatoms. The Morgan fingerprint density at radius 2 is 2.10 bits per heavy atom. The molecule has 1 aromatic rings. The van der Waals surface area contributed by atoms with Crippen molar-refractivity contribution in [1.82, 2.24) is 20.2 Å². The second kappa shape index (κ2) is 5.04. The fraction of sp³-hybridized carbons (Fsp3) is 0.833. The highest BCUT2D eigenvalue weighted by molar-refractivity contribution is 7.91. The van der Waals surface area contributed by atoms with Gasteiger partial charge in [-0.2, -0.15) is 0 Å². The molecule has 21 heavy (non-hydrogen) atoms. The molecule has 1 unspecified atom stereocenters. The molecule has 0 amide bonds. The van der Waals surface area contributed by atoms with E-state index < -0.39 is 26.5 Å². The van der Waals surface area contributed by atoms with Crippen LogP contribution in [0.3, 0.4) is 0 Å². The van der Waals surface area contributed by atoms with E-state index in [1.54, 1.807) is 0 Å². The zero-order valence-corrected chi connectivity index (χ0v) is 12.4. The fourth-order valence-electron chi connectivity index (χ4n) is 3.13. The number of aromatic nitrogens is 4. The lowest BCUT2D eigenvalue weighted by atomic mass is 9.69. The standard InChI is InChI=1S/C12H18N4O4S/c17-11(18)12(5-3-6-12)8-16-10(13-14-15-16)9-4-1-2-7-21(9,19)20/h9H,1-8H2,(H,17,18). The van der Waals surface area contributed by atoms with E-state index in [9.17, 15) is 18.3 Å². The summed E-state index contributed by atoms with van der Waals surface area (Å²) in [5, 5.41) is 20.0. The summed E-state index contributed by atoms with van der Waals surface area (Å²) in [4.78, 5) is 11.4. The SMILES string of the molecule is O=C(O)C1(Cn2nnnc2C2CCCCS2(=O)=O)CCC1. The van der Waals surface area contributed by atoms with Crippen LogP contribution in [0.15, 0.2) is 0 Å². The summed E-state index contributed by atoms with van der Waals surface area (Å²) in [6, 6.07) is 0. The van der Waals surface area contributed by atoms with Gasteiger partial charge in [0.1, 0.15) is 5.25 Å². The first-order valence-corrected chi connectivity index (χ1v) is 8.87. The van der Waals surface area contributed by atoms with Crippen LogP contribution in [-0.4, -0.2) is 45.5 Å². The van der Waals surface area contributed by atoms with Crippen LogP contribution in [0.2, 0.25) is 0 Å². The van der Waals surface area contributed by atoms with Crippen LogP contribution >= 0.6 is 0 Å². The number of carbonyl (C=O) groups is 1. The topological polar surface area (TPSA) is 115 Å². The van der Waals surface area contributed by atoms with Gasteiger partial charge in [0.05, 0.1) is 17.7 Å². The summed E-state index contributed by atoms with van der Waals surface area (Å²) < 4.78 is 25.8. The van der Waals surface area contributed by atoms with Crippen molar-refractivity contribution in [2.45, 2.75) is 50.3 Å². The summed E-state index contributed by atoms with van der Waals surface area (Å²) in [5.41, 5.74) is -0.845. The Bertz CT molecular complexity index is 650. The molecule has 0 aromatic carbocycles. The van der Waals surface area contributed by atoms with Gasteiger partial charge in [0, 0.05) is 0 Å². The Morgan fingerprint density at radius 3 is 2.67 bits per heavy atom. The summed E-state index contributed by atoms with van der Waals surface area (Å²) in [6.07, 6.45) is 4.02. The number of rotatable bonds is 4. The molecule has 1 saturated carbocycles. The average molecular weight is 314 g/mol. The second-order valence-corrected chi connectivity index (χ2v) is 8.29. The van der Waals surface area contributed by atoms with Crippen molar-refractivity contribution in [2.75, 3.05) is 5.75 Å². The van der Waals surface area contributed by atoms with E-state index in [0.29, 0.717) is 31.5 Å². The van der Waals surface area contributed by atoms with E-state index >= 15 is 0 Å². The van der Waals surface area contributed by atoms with Crippen molar-refractivity contribution in [2.24, 2.45) is 5.41 Å². The van der Waals surface area contributed by atoms with E-state index in [2.05, 4.69) is 15.5 Å². The lowest BCUT2D eigenvalue weighted by Gasteiger charge is -2.37. The highest BCUT2D eigenvalue weighted by atomic mass is 32.2. The molecule has 0 radical (unpaired) electrons. The predicted molar refractivity (Wildman–Crippen MR) is 72.1 cm³/mol. The molecule has 2 aliphatic rings. The van der Waals surface area contributed by atoms with Gasteiger partial charge in [-0.1, -0.05) is 12.8 Å². The minimum atomic E-state index is -3.24. The van der Waals surface area contributed by atoms with Gasteiger partial charge in [-0.25, -0.2) is 13.1 Å². The number of sulfone groups is 1. The quantitative estimate of drug-likeness (QED) is 0.863. The van der Waals surface area contributed by atoms with E-state index in [4.69, 9.17) is 0 Å². The normalized spacial score (nSPS) is 27.0. The molecule has 8 nitrogen and oxygen atoms in total. The molecule has 0 bridgehead atoms. The maximum atomic E-state index is 12.2. The van der Waals surface area contributed by atoms with E-state index in [1.807, 2.05) is 0 Å². The van der Waals surface area contributed by atoms with Crippen molar-refractivity contribution >= 4 is 15.8 Å². The molecule has 1 atom stereocenters. The number of aliphatic carboxylic acids is 1. The molecule has 0 spiro atoms. The van der Waals surface area contributed by atoms with Gasteiger partial charge in [-0.15, -0.1) is 5.10 Å². The van der Waals surface area contributed by atoms with Gasteiger partial charge in [-0.3, -0.25) is 4.79 Å². The molecular weight excluding hydrogens is 296 g/mol. The smallest absolute Gasteiger partial charge is 0.311 e. The second-order valence-electron chi connectivity index (χ2n) is 5.99. The van der Waals surface area contributed by atoms with Crippen LogP contribution in [-0.2, 0) is 21.2 Å². The Balaban J connectivity index is 1.89. The first-order valence-electron chi connectivity index (χ1n) is 7.16. The monoisotopic (exact) mass is 314 g/mol. The minimum Gasteiger partial charge on any atom is -0.481 e. The van der Waals surface area contributed by atoms with Crippen LogP contribution in [0.25, 0.3) is 0 Å². The average Bonchev–Trinajstić information content (AvgIpc) is 2.80. The number of carboxylic acids is 1. The largest absolute Gasteiger partial charge is 0.481 e. The Morgan fingerprint density at radius 1 is 1.33 bits per heavy atom. The molecule has 1 aliphatic carbocycles. The third-order valence-corrected chi connectivity index (χ3v) is 6.81. The lowest BCUT2D eigenvalue weighted by Crippen LogP contribution is -2.42. The van der Waals surface area contributed by atoms with Crippen molar-refractivity contribution in [3.05, 3.63) is 5.82 Å². The Hall–Kier alpha value is -1.51. The molecular formula is C12H18N4O4S. The van der Waals surface area contributed by atoms with Gasteiger partial charge in [0.15, 0.2) is 15.7 Å². The number of hydrogen-bond acceptors (Lipinski definition) is 6. The van der Waals surface area contributed by atoms with Crippen LogP contribution in [0.1, 0.15) is 49.6 Å². The van der Waals surface area contributed by atoms with Crippen LogP contribution < -0.4 is 0 Å². The first kappa shape index (κ1) is 14.4. The van der Waals surface area contributed by atoms with Gasteiger partial charge >= 0.3 is 5.97 Å². The van der Waals surface area contributed by atoms with Crippen LogP contribution in [0.5, 0.6) is 0 Å². The zero-order valence-electron chi connectivity index (χ0n) is 11.6. The van der Waals surface area contributed by atoms with E-state index in [1.165, 1.54) is 4.68 Å². The highest BCUT2D eigenvalue weighted by Gasteiger charge is 2.46. The third-order valence-electron chi connectivity index (χ3n) is 4.64. The van der Waals surface area contributed by atoms with Gasteiger partial charge in [0.25, 0.3) is 0 Å². The molecule has 1 N–H and O–H groups in total. The number of carboxylic acid groups (broad SMARTS) is 1. The van der Waals surface area contributed by atoms with Crippen LogP contribution in [0.4, 0.5) is 0 Å². The molecule has 1 aromatic heterocycles. The molecule has 1 saturated heterocycles. The Kier molecular flexibility index (Phi) is 3.46. The molecule has 2 heterocycles. The van der Waals surface area contributed by atoms with Gasteiger partial charge < -0.3 is 5.11 Å². The van der Waals surface area contributed by atoms with Crippen molar-refractivity contribution in [3.8, 4) is 0 Å². The van der Waals surface area contributed by atoms with Gasteiger partial charge in [-0.05, 0) is 36.1 Å². The summed E-state index contributed by atoms with van der Waals surface area (Å²) >= 11 is 0. The third kappa shape index (κ3) is 2.43. The molecule has 3 rings (SSSR count). The fourth-order valence-corrected chi connectivity index (χ4v) is 5.04. The molecule has 2 fully saturated rings. The lowest BCUT2D eigenvalue weighted by molar-refractivity contribution is -0.156. The number of tetrazole rings is 1. The summed E-state index contributed by atoms with van der Waals surface area (Å²) in [6.45, 7) is 0.149. The van der Waals surface area contributed by atoms with Gasteiger partial charge in [0.2, 0.25) is 0 Å². The highest BCUT2D eigenvalue weighted by Crippen LogP contribution is 2.43. The van der Waals surface area contributed by atoms with E-state index in [0.717, 1.165) is 12.8 Å². The van der Waals surface area contributed by atoms with Crippen molar-refractivity contribution in [1.29, 1.82) is 0 Å². The molecule has 116 valence electrons. The van der Waals surface area contributed by atoms with Crippen molar-refractivity contribution in [3.63, 3.8) is 0 Å². The maximum absolute atomic E-state index is 12.2. The number of nitrogens with zero attached hydrogens (tertiary/aromatic N) is 4. The first-order chi connectivity index (χ1) is 9.95. The summed E-state index contributed by atoms with van der Waals surface area (Å²) in [7, 11) is -3.24. The van der Waals surface area contributed by atoms with E-state index in [-0.39, 0.29) is 12.3 Å². The maximum Gasteiger partial charge on any atom is 0.311 e.